The van der Waals surface area contributed by atoms with Crippen molar-refractivity contribution in [3.63, 3.8) is 0 Å². The van der Waals surface area contributed by atoms with Gasteiger partial charge in [-0.1, -0.05) is 27.7 Å². The molecule has 0 aromatic rings. The third kappa shape index (κ3) is 9.86. The van der Waals surface area contributed by atoms with Crippen LogP contribution < -0.4 is 5.32 Å². The zero-order valence-electron chi connectivity index (χ0n) is 13.2. The van der Waals surface area contributed by atoms with Crippen LogP contribution >= 0.6 is 0 Å². The lowest BCUT2D eigenvalue weighted by Crippen LogP contribution is -2.39. The van der Waals surface area contributed by atoms with Crippen molar-refractivity contribution >= 4 is 0 Å². The van der Waals surface area contributed by atoms with Gasteiger partial charge in [0.1, 0.15) is 0 Å². The SMILES string of the molecule is CCOC(CNC(CC(C)C)CC(C)C)OCC. The number of nitrogens with one attached hydrogen (secondary N) is 1. The minimum atomic E-state index is -0.109. The van der Waals surface area contributed by atoms with Gasteiger partial charge in [-0.05, 0) is 38.5 Å². The molecule has 3 heteroatoms. The Bertz CT molecular complexity index is 167. The van der Waals surface area contributed by atoms with Crippen LogP contribution in [0.3, 0.4) is 0 Å². The quantitative estimate of drug-likeness (QED) is 0.577. The monoisotopic (exact) mass is 259 g/mol. The molecule has 110 valence electrons. The van der Waals surface area contributed by atoms with Crippen molar-refractivity contribution in [1.29, 1.82) is 0 Å². The predicted octanol–water partition coefficient (Wildman–Crippen LogP) is 3.44. The first kappa shape index (κ1) is 17.9. The van der Waals surface area contributed by atoms with E-state index in [2.05, 4.69) is 33.0 Å². The lowest BCUT2D eigenvalue weighted by molar-refractivity contribution is -0.134. The summed E-state index contributed by atoms with van der Waals surface area (Å²) in [5.41, 5.74) is 0. The molecule has 0 heterocycles. The summed E-state index contributed by atoms with van der Waals surface area (Å²) in [5.74, 6) is 1.44. The maximum Gasteiger partial charge on any atom is 0.169 e. The van der Waals surface area contributed by atoms with E-state index >= 15 is 0 Å². The van der Waals surface area contributed by atoms with Crippen molar-refractivity contribution in [2.45, 2.75) is 66.7 Å². The van der Waals surface area contributed by atoms with Gasteiger partial charge in [0.05, 0.1) is 0 Å². The smallest absolute Gasteiger partial charge is 0.169 e. The van der Waals surface area contributed by atoms with Gasteiger partial charge in [-0.15, -0.1) is 0 Å². The molecule has 0 saturated carbocycles. The fourth-order valence-corrected chi connectivity index (χ4v) is 2.20. The third-order valence-corrected chi connectivity index (χ3v) is 2.79. The summed E-state index contributed by atoms with van der Waals surface area (Å²) in [5, 5.41) is 3.60. The highest BCUT2D eigenvalue weighted by atomic mass is 16.7. The van der Waals surface area contributed by atoms with E-state index < -0.39 is 0 Å². The molecule has 0 aromatic heterocycles. The van der Waals surface area contributed by atoms with E-state index in [4.69, 9.17) is 9.47 Å². The van der Waals surface area contributed by atoms with Crippen LogP contribution in [-0.2, 0) is 9.47 Å². The molecule has 0 amide bonds. The number of hydrogen-bond acceptors (Lipinski definition) is 3. The predicted molar refractivity (Wildman–Crippen MR) is 77.7 cm³/mol. The lowest BCUT2D eigenvalue weighted by Gasteiger charge is -2.25. The van der Waals surface area contributed by atoms with Crippen molar-refractivity contribution in [3.8, 4) is 0 Å². The summed E-state index contributed by atoms with van der Waals surface area (Å²) in [6.45, 7) is 15.3. The van der Waals surface area contributed by atoms with Crippen LogP contribution in [0.1, 0.15) is 54.4 Å². The molecule has 1 N–H and O–H groups in total. The molecule has 0 aliphatic carbocycles. The van der Waals surface area contributed by atoms with E-state index in [-0.39, 0.29) is 6.29 Å². The maximum absolute atomic E-state index is 5.56. The highest BCUT2D eigenvalue weighted by molar-refractivity contribution is 4.71. The summed E-state index contributed by atoms with van der Waals surface area (Å²) in [6.07, 6.45) is 2.31. The molecule has 0 radical (unpaired) electrons. The van der Waals surface area contributed by atoms with Crippen molar-refractivity contribution in [2.75, 3.05) is 19.8 Å². The van der Waals surface area contributed by atoms with E-state index in [0.717, 1.165) is 18.4 Å². The van der Waals surface area contributed by atoms with Gasteiger partial charge in [0.2, 0.25) is 0 Å². The van der Waals surface area contributed by atoms with Gasteiger partial charge in [0.15, 0.2) is 6.29 Å². The van der Waals surface area contributed by atoms with Gasteiger partial charge >= 0.3 is 0 Å². The van der Waals surface area contributed by atoms with Crippen LogP contribution in [0, 0.1) is 11.8 Å². The first-order valence-electron chi connectivity index (χ1n) is 7.46. The molecule has 0 aromatic carbocycles. The van der Waals surface area contributed by atoms with Crippen LogP contribution in [0.5, 0.6) is 0 Å². The Morgan fingerprint density at radius 1 is 0.833 bits per heavy atom. The average molecular weight is 259 g/mol. The van der Waals surface area contributed by atoms with Gasteiger partial charge in [-0.3, -0.25) is 0 Å². The molecule has 0 aliphatic heterocycles. The first-order chi connectivity index (χ1) is 8.49. The Kier molecular flexibility index (Phi) is 10.7. The Morgan fingerprint density at radius 2 is 1.28 bits per heavy atom. The van der Waals surface area contributed by atoms with E-state index in [1.807, 2.05) is 13.8 Å². The highest BCUT2D eigenvalue weighted by Gasteiger charge is 2.15. The van der Waals surface area contributed by atoms with E-state index in [1.54, 1.807) is 0 Å². The number of ether oxygens (including phenoxy) is 2. The second kappa shape index (κ2) is 10.8. The fourth-order valence-electron chi connectivity index (χ4n) is 2.20. The fraction of sp³-hybridized carbons (Fsp3) is 1.00. The van der Waals surface area contributed by atoms with Crippen molar-refractivity contribution in [1.82, 2.24) is 5.32 Å². The van der Waals surface area contributed by atoms with Gasteiger partial charge in [-0.2, -0.15) is 0 Å². The van der Waals surface area contributed by atoms with Crippen LogP contribution in [0.4, 0.5) is 0 Å². The number of hydrogen-bond donors (Lipinski definition) is 1. The second-order valence-corrected chi connectivity index (χ2v) is 5.70. The average Bonchev–Trinajstić information content (AvgIpc) is 2.24. The van der Waals surface area contributed by atoms with Crippen LogP contribution in [0.25, 0.3) is 0 Å². The van der Waals surface area contributed by atoms with Crippen molar-refractivity contribution < 1.29 is 9.47 Å². The zero-order chi connectivity index (χ0) is 14.0. The largest absolute Gasteiger partial charge is 0.352 e. The van der Waals surface area contributed by atoms with Gasteiger partial charge in [-0.25, -0.2) is 0 Å². The summed E-state index contributed by atoms with van der Waals surface area (Å²) < 4.78 is 11.1. The molecule has 0 bridgehead atoms. The van der Waals surface area contributed by atoms with Gasteiger partial charge in [0, 0.05) is 25.8 Å². The van der Waals surface area contributed by atoms with Gasteiger partial charge < -0.3 is 14.8 Å². The first-order valence-corrected chi connectivity index (χ1v) is 7.46. The molecule has 3 nitrogen and oxygen atoms in total. The summed E-state index contributed by atoms with van der Waals surface area (Å²) in [7, 11) is 0. The molecule has 0 aliphatic rings. The highest BCUT2D eigenvalue weighted by Crippen LogP contribution is 2.13. The Balaban J connectivity index is 4.11. The topological polar surface area (TPSA) is 30.5 Å². The molecule has 18 heavy (non-hydrogen) atoms. The lowest BCUT2D eigenvalue weighted by atomic mass is 9.95. The zero-order valence-corrected chi connectivity index (χ0v) is 13.2. The van der Waals surface area contributed by atoms with Crippen LogP contribution in [0.2, 0.25) is 0 Å². The molecule has 0 spiro atoms. The molecule has 0 atom stereocenters. The summed E-state index contributed by atoms with van der Waals surface area (Å²) in [6, 6.07) is 0.563. The van der Waals surface area contributed by atoms with E-state index in [9.17, 15) is 0 Å². The molecule has 0 unspecified atom stereocenters. The van der Waals surface area contributed by atoms with Crippen molar-refractivity contribution in [2.24, 2.45) is 11.8 Å². The number of rotatable bonds is 11. The minimum Gasteiger partial charge on any atom is -0.352 e. The third-order valence-electron chi connectivity index (χ3n) is 2.79. The maximum atomic E-state index is 5.56. The van der Waals surface area contributed by atoms with Crippen LogP contribution in [0.15, 0.2) is 0 Å². The van der Waals surface area contributed by atoms with E-state index in [0.29, 0.717) is 19.3 Å². The molecular weight excluding hydrogens is 226 g/mol. The minimum absolute atomic E-state index is 0.109. The molecule has 0 rings (SSSR count). The Labute approximate surface area is 114 Å². The molecular formula is C15H33NO2. The molecule has 0 fully saturated rings. The summed E-state index contributed by atoms with van der Waals surface area (Å²) in [4.78, 5) is 0. The Hall–Kier alpha value is -0.120. The van der Waals surface area contributed by atoms with Crippen molar-refractivity contribution in [3.05, 3.63) is 0 Å². The summed E-state index contributed by atoms with van der Waals surface area (Å²) >= 11 is 0. The molecule has 0 saturated heterocycles. The van der Waals surface area contributed by atoms with E-state index in [1.165, 1.54) is 12.8 Å². The van der Waals surface area contributed by atoms with Gasteiger partial charge in [0.25, 0.3) is 0 Å². The van der Waals surface area contributed by atoms with Crippen LogP contribution in [-0.4, -0.2) is 32.1 Å². The Morgan fingerprint density at radius 3 is 1.61 bits per heavy atom. The standard InChI is InChI=1S/C15H33NO2/c1-7-17-15(18-8-2)11-16-14(9-12(3)4)10-13(5)6/h12-16H,7-11H2,1-6H3. The normalized spacial score (nSPS) is 12.3. The second-order valence-electron chi connectivity index (χ2n) is 5.70.